The number of hydrogen-bond acceptors (Lipinski definition) is 3. The molecule has 0 heterocycles. The molecule has 0 aromatic rings. The molecule has 3 aliphatic carbocycles. The third-order valence-electron chi connectivity index (χ3n) is 3.83. The highest BCUT2D eigenvalue weighted by Gasteiger charge is 2.27. The Bertz CT molecular complexity index is 841. The van der Waals surface area contributed by atoms with Crippen molar-refractivity contribution in [3.8, 4) is 0 Å². The summed E-state index contributed by atoms with van der Waals surface area (Å²) in [6.07, 6.45) is 15.6. The molecule has 23 heavy (non-hydrogen) atoms. The molecule has 0 bridgehead atoms. The highest BCUT2D eigenvalue weighted by atomic mass is 16.5. The molecule has 0 amide bonds. The van der Waals surface area contributed by atoms with Crippen LogP contribution < -0.4 is 0 Å². The summed E-state index contributed by atoms with van der Waals surface area (Å²) in [4.78, 5) is 12.2. The second kappa shape index (κ2) is 6.41. The quantitative estimate of drug-likeness (QED) is 0.635. The van der Waals surface area contributed by atoms with Crippen LogP contribution in [0, 0.1) is 0 Å². The van der Waals surface area contributed by atoms with Crippen LogP contribution in [0.1, 0.15) is 12.8 Å². The number of Topliss-reactive ketones (excluding diaryl/α,β-unsaturated/α-hetero) is 1. The number of aliphatic hydroxyl groups excluding tert-OH is 1. The molecular weight excluding hydrogens is 288 g/mol. The van der Waals surface area contributed by atoms with Gasteiger partial charge in [0.05, 0.1) is 7.11 Å². The minimum absolute atomic E-state index is 0.0567. The van der Waals surface area contributed by atoms with Gasteiger partial charge in [-0.25, -0.2) is 0 Å². The largest absolute Gasteiger partial charge is 0.508 e. The van der Waals surface area contributed by atoms with E-state index in [2.05, 4.69) is 11.5 Å². The van der Waals surface area contributed by atoms with Crippen LogP contribution in [0.4, 0.5) is 0 Å². The molecule has 3 nitrogen and oxygen atoms in total. The molecule has 114 valence electrons. The number of hydrogen-bond donors (Lipinski definition) is 1. The summed E-state index contributed by atoms with van der Waals surface area (Å²) in [5, 5.41) is 9.77. The summed E-state index contributed by atoms with van der Waals surface area (Å²) in [5.41, 5.74) is 9.20. The van der Waals surface area contributed by atoms with Gasteiger partial charge in [0.1, 0.15) is 5.76 Å². The third kappa shape index (κ3) is 3.12. The number of allylic oxidation sites excluding steroid dienone is 12. The second-order valence-corrected chi connectivity index (χ2v) is 5.31. The summed E-state index contributed by atoms with van der Waals surface area (Å²) < 4.78 is 5.09. The SMILES string of the molecule is COC1=C(O)CC=C(/C=C/C=C2\CC3=C=C=CC=C3C2=O)C=C1. The first-order valence-corrected chi connectivity index (χ1v) is 7.36. The molecule has 3 aliphatic rings. The van der Waals surface area contributed by atoms with Crippen molar-refractivity contribution in [2.75, 3.05) is 7.11 Å². The second-order valence-electron chi connectivity index (χ2n) is 5.31. The Balaban J connectivity index is 1.73. The first-order valence-electron chi connectivity index (χ1n) is 7.36. The number of ketones is 1. The van der Waals surface area contributed by atoms with Gasteiger partial charge in [0.15, 0.2) is 11.5 Å². The van der Waals surface area contributed by atoms with E-state index in [4.69, 9.17) is 4.74 Å². The number of methoxy groups -OCH3 is 1. The molecule has 1 fully saturated rings. The summed E-state index contributed by atoms with van der Waals surface area (Å²) in [7, 11) is 1.53. The molecule has 0 aromatic carbocycles. The van der Waals surface area contributed by atoms with E-state index in [1.54, 1.807) is 18.2 Å². The predicted octanol–water partition coefficient (Wildman–Crippen LogP) is 3.92. The molecule has 0 unspecified atom stereocenters. The Morgan fingerprint density at radius 2 is 2.22 bits per heavy atom. The van der Waals surface area contributed by atoms with Crippen LogP contribution in [0.15, 0.2) is 93.9 Å². The Kier molecular flexibility index (Phi) is 4.16. The van der Waals surface area contributed by atoms with E-state index in [0.29, 0.717) is 18.6 Å². The van der Waals surface area contributed by atoms with Gasteiger partial charge < -0.3 is 9.84 Å². The molecule has 0 saturated heterocycles. The van der Waals surface area contributed by atoms with Crippen LogP contribution in [0.25, 0.3) is 0 Å². The van der Waals surface area contributed by atoms with Gasteiger partial charge in [0.2, 0.25) is 0 Å². The number of rotatable bonds is 3. The van der Waals surface area contributed by atoms with E-state index in [-0.39, 0.29) is 11.5 Å². The van der Waals surface area contributed by atoms with Crippen molar-refractivity contribution in [3.63, 3.8) is 0 Å². The standard InChI is InChI=1S/C20H16O3/c1-23-19-12-10-14(9-11-18(19)21)5-4-7-16-13-15-6-2-3-8-17(15)20(16)22/h3-5,7-10,12,21H,11,13H2,1H3/b5-4+,16-7+. The van der Waals surface area contributed by atoms with Crippen LogP contribution in [0.3, 0.4) is 0 Å². The minimum atomic E-state index is 0.0567. The molecule has 0 radical (unpaired) electrons. The monoisotopic (exact) mass is 304 g/mol. The van der Waals surface area contributed by atoms with Gasteiger partial charge >= 0.3 is 0 Å². The van der Waals surface area contributed by atoms with Crippen LogP contribution >= 0.6 is 0 Å². The normalized spacial score (nSPS) is 21.5. The first kappa shape index (κ1) is 14.9. The average molecular weight is 304 g/mol. The van der Waals surface area contributed by atoms with Crippen molar-refractivity contribution in [1.82, 2.24) is 0 Å². The predicted molar refractivity (Wildman–Crippen MR) is 88.5 cm³/mol. The first-order chi connectivity index (χ1) is 11.2. The summed E-state index contributed by atoms with van der Waals surface area (Å²) in [5.74, 6) is 0.733. The lowest BCUT2D eigenvalue weighted by molar-refractivity contribution is -0.111. The zero-order valence-corrected chi connectivity index (χ0v) is 12.8. The highest BCUT2D eigenvalue weighted by molar-refractivity contribution is 6.15. The molecule has 1 saturated carbocycles. The van der Waals surface area contributed by atoms with Crippen molar-refractivity contribution in [3.05, 3.63) is 93.9 Å². The van der Waals surface area contributed by atoms with Crippen molar-refractivity contribution in [1.29, 1.82) is 0 Å². The Hall–Kier alpha value is -2.99. The molecule has 3 rings (SSSR count). The fourth-order valence-electron chi connectivity index (χ4n) is 2.59. The maximum Gasteiger partial charge on any atom is 0.190 e. The maximum absolute atomic E-state index is 12.2. The summed E-state index contributed by atoms with van der Waals surface area (Å²) >= 11 is 0. The topological polar surface area (TPSA) is 46.5 Å². The van der Waals surface area contributed by atoms with Gasteiger partial charge in [-0.1, -0.05) is 41.8 Å². The lowest BCUT2D eigenvalue weighted by Crippen LogP contribution is -1.95. The van der Waals surface area contributed by atoms with E-state index in [0.717, 1.165) is 22.3 Å². The van der Waals surface area contributed by atoms with Crippen molar-refractivity contribution in [2.45, 2.75) is 12.8 Å². The van der Waals surface area contributed by atoms with Crippen LogP contribution in [-0.4, -0.2) is 18.0 Å². The van der Waals surface area contributed by atoms with Crippen LogP contribution in [-0.2, 0) is 9.53 Å². The van der Waals surface area contributed by atoms with E-state index in [1.165, 1.54) is 7.11 Å². The fourth-order valence-corrected chi connectivity index (χ4v) is 2.59. The van der Waals surface area contributed by atoms with Gasteiger partial charge in [-0.05, 0) is 23.8 Å². The molecule has 3 heteroatoms. The number of carbonyl (C=O) groups is 1. The maximum atomic E-state index is 12.2. The van der Waals surface area contributed by atoms with Crippen LogP contribution in [0.5, 0.6) is 0 Å². The van der Waals surface area contributed by atoms with Crippen molar-refractivity contribution in [2.24, 2.45) is 0 Å². The number of aliphatic hydroxyl groups is 1. The summed E-state index contributed by atoms with van der Waals surface area (Å²) in [6.45, 7) is 0. The van der Waals surface area contributed by atoms with Crippen LogP contribution in [0.2, 0.25) is 0 Å². The number of ether oxygens (including phenoxy) is 1. The van der Waals surface area contributed by atoms with E-state index < -0.39 is 0 Å². The van der Waals surface area contributed by atoms with Crippen molar-refractivity contribution < 1.29 is 14.6 Å². The molecule has 0 atom stereocenters. The lowest BCUT2D eigenvalue weighted by atomic mass is 10.1. The minimum Gasteiger partial charge on any atom is -0.508 e. The molecular formula is C20H16O3. The Morgan fingerprint density at radius 3 is 3.00 bits per heavy atom. The molecule has 0 aliphatic heterocycles. The van der Waals surface area contributed by atoms with E-state index in [9.17, 15) is 9.90 Å². The average Bonchev–Trinajstić information content (AvgIpc) is 2.77. The van der Waals surface area contributed by atoms with Crippen molar-refractivity contribution >= 4 is 5.78 Å². The fraction of sp³-hybridized carbons (Fsp3) is 0.150. The van der Waals surface area contributed by atoms with Gasteiger partial charge in [-0.2, -0.15) is 0 Å². The van der Waals surface area contributed by atoms with Gasteiger partial charge in [-0.3, -0.25) is 4.79 Å². The molecule has 0 aromatic heterocycles. The smallest absolute Gasteiger partial charge is 0.190 e. The highest BCUT2D eigenvalue weighted by Crippen LogP contribution is 2.32. The Morgan fingerprint density at radius 1 is 1.35 bits per heavy atom. The molecule has 1 N–H and O–H groups in total. The number of fused-ring (bicyclic) bond motifs is 1. The Labute approximate surface area is 135 Å². The zero-order valence-electron chi connectivity index (χ0n) is 12.8. The lowest BCUT2D eigenvalue weighted by Gasteiger charge is -2.00. The third-order valence-corrected chi connectivity index (χ3v) is 3.83. The van der Waals surface area contributed by atoms with E-state index in [1.807, 2.05) is 30.4 Å². The molecule has 0 spiro atoms. The van der Waals surface area contributed by atoms with E-state index >= 15 is 0 Å². The summed E-state index contributed by atoms with van der Waals surface area (Å²) in [6, 6.07) is 0. The van der Waals surface area contributed by atoms with Gasteiger partial charge in [-0.15, -0.1) is 0 Å². The number of carbonyl (C=O) groups excluding carboxylic acids is 1. The zero-order chi connectivity index (χ0) is 16.2. The van der Waals surface area contributed by atoms with Gasteiger partial charge in [0, 0.05) is 29.6 Å². The van der Waals surface area contributed by atoms with Gasteiger partial charge in [0.25, 0.3) is 0 Å².